The van der Waals surface area contributed by atoms with E-state index in [4.69, 9.17) is 0 Å². The molecule has 0 aromatic carbocycles. The van der Waals surface area contributed by atoms with E-state index in [9.17, 15) is 9.59 Å². The molecule has 0 spiro atoms. The number of carbonyl (C=O) groups excluding carboxylic acids is 2. The third-order valence-electron chi connectivity index (χ3n) is 1.43. The van der Waals surface area contributed by atoms with Crippen LogP contribution in [0.3, 0.4) is 0 Å². The van der Waals surface area contributed by atoms with Crippen LogP contribution in [0.2, 0.25) is 0 Å². The summed E-state index contributed by atoms with van der Waals surface area (Å²) in [6.45, 7) is 11.4. The number of hydrogen-bond donors (Lipinski definition) is 1. The van der Waals surface area contributed by atoms with Gasteiger partial charge in [-0.15, -0.1) is 0 Å². The topological polar surface area (TPSA) is 46.2 Å². The molecule has 14 heavy (non-hydrogen) atoms. The van der Waals surface area contributed by atoms with Crippen molar-refractivity contribution >= 4 is 11.7 Å². The van der Waals surface area contributed by atoms with E-state index in [1.54, 1.807) is 0 Å². The van der Waals surface area contributed by atoms with Crippen LogP contribution in [0, 0.1) is 5.41 Å². The molecule has 0 rings (SSSR count). The van der Waals surface area contributed by atoms with Crippen LogP contribution in [-0.2, 0) is 9.59 Å². The number of rotatable bonds is 2. The number of nitrogens with one attached hydrogen (secondary N) is 1. The fraction of sp³-hybridized carbons (Fsp3) is 0.818. The lowest BCUT2D eigenvalue weighted by atomic mass is 9.89. The summed E-state index contributed by atoms with van der Waals surface area (Å²) >= 11 is 0. The summed E-state index contributed by atoms with van der Waals surface area (Å²) in [7, 11) is 0. The van der Waals surface area contributed by atoms with Gasteiger partial charge in [0.05, 0.1) is 0 Å². The van der Waals surface area contributed by atoms with E-state index >= 15 is 0 Å². The molecule has 3 nitrogen and oxygen atoms in total. The Labute approximate surface area is 86.3 Å². The molecular formula is C11H21NO2. The van der Waals surface area contributed by atoms with Crippen LogP contribution in [0.4, 0.5) is 0 Å². The SMILES string of the molecule is CC(C)(C)CC(=O)C(=O)NC(C)(C)C. The molecule has 0 unspecified atom stereocenters. The minimum atomic E-state index is -0.479. The minimum absolute atomic E-state index is 0.133. The number of amides is 1. The number of carbonyl (C=O) groups is 2. The molecule has 0 aliphatic heterocycles. The van der Waals surface area contributed by atoms with Gasteiger partial charge in [0.1, 0.15) is 0 Å². The molecule has 0 fully saturated rings. The first-order valence-electron chi connectivity index (χ1n) is 4.87. The third kappa shape index (κ3) is 6.63. The Morgan fingerprint density at radius 1 is 1.00 bits per heavy atom. The largest absolute Gasteiger partial charge is 0.345 e. The predicted molar refractivity (Wildman–Crippen MR) is 57.0 cm³/mol. The molecule has 0 aromatic rings. The Balaban J connectivity index is 4.22. The first-order chi connectivity index (χ1) is 6.01. The van der Waals surface area contributed by atoms with Gasteiger partial charge in [-0.3, -0.25) is 9.59 Å². The molecule has 0 aromatic heterocycles. The van der Waals surface area contributed by atoms with Crippen LogP contribution in [0.15, 0.2) is 0 Å². The quantitative estimate of drug-likeness (QED) is 0.690. The van der Waals surface area contributed by atoms with Crippen LogP contribution in [-0.4, -0.2) is 17.2 Å². The molecule has 82 valence electrons. The first-order valence-corrected chi connectivity index (χ1v) is 4.87. The van der Waals surface area contributed by atoms with Gasteiger partial charge in [0, 0.05) is 12.0 Å². The van der Waals surface area contributed by atoms with E-state index < -0.39 is 5.91 Å². The zero-order chi connectivity index (χ0) is 11.6. The highest BCUT2D eigenvalue weighted by atomic mass is 16.2. The van der Waals surface area contributed by atoms with Gasteiger partial charge in [-0.1, -0.05) is 20.8 Å². The van der Waals surface area contributed by atoms with Crippen molar-refractivity contribution in [2.24, 2.45) is 5.41 Å². The molecule has 1 N–H and O–H groups in total. The molecule has 0 atom stereocenters. The molecule has 0 saturated heterocycles. The highest BCUT2D eigenvalue weighted by Crippen LogP contribution is 2.18. The van der Waals surface area contributed by atoms with Gasteiger partial charge in [0.15, 0.2) is 0 Å². The Morgan fingerprint density at radius 3 is 1.71 bits per heavy atom. The highest BCUT2D eigenvalue weighted by molar-refractivity contribution is 6.36. The monoisotopic (exact) mass is 199 g/mol. The van der Waals surface area contributed by atoms with Gasteiger partial charge in [-0.2, -0.15) is 0 Å². The fourth-order valence-corrected chi connectivity index (χ4v) is 0.972. The maximum absolute atomic E-state index is 11.4. The van der Waals surface area contributed by atoms with Gasteiger partial charge >= 0.3 is 0 Å². The van der Waals surface area contributed by atoms with Crippen LogP contribution in [0.5, 0.6) is 0 Å². The second-order valence-corrected chi connectivity index (χ2v) is 5.86. The summed E-state index contributed by atoms with van der Waals surface area (Å²) in [5, 5.41) is 2.65. The molecule has 0 radical (unpaired) electrons. The predicted octanol–water partition coefficient (Wildman–Crippen LogP) is 1.91. The number of hydrogen-bond acceptors (Lipinski definition) is 2. The van der Waals surface area contributed by atoms with E-state index in [1.165, 1.54) is 0 Å². The van der Waals surface area contributed by atoms with Gasteiger partial charge in [-0.25, -0.2) is 0 Å². The lowest BCUT2D eigenvalue weighted by Gasteiger charge is -2.22. The van der Waals surface area contributed by atoms with Crippen molar-refractivity contribution in [2.75, 3.05) is 0 Å². The summed E-state index contributed by atoms with van der Waals surface area (Å²) in [6.07, 6.45) is 0.287. The normalized spacial score (nSPS) is 12.4. The third-order valence-corrected chi connectivity index (χ3v) is 1.43. The zero-order valence-corrected chi connectivity index (χ0v) is 10.0. The lowest BCUT2D eigenvalue weighted by Crippen LogP contribution is -2.44. The Hall–Kier alpha value is -0.860. The standard InChI is InChI=1S/C11H21NO2/c1-10(2,3)7-8(13)9(14)12-11(4,5)6/h7H2,1-6H3,(H,12,14). The van der Waals surface area contributed by atoms with Crippen LogP contribution < -0.4 is 5.32 Å². The van der Waals surface area contributed by atoms with Crippen molar-refractivity contribution in [1.29, 1.82) is 0 Å². The Kier molecular flexibility index (Phi) is 3.86. The van der Waals surface area contributed by atoms with Crippen LogP contribution in [0.1, 0.15) is 48.0 Å². The minimum Gasteiger partial charge on any atom is -0.345 e. The molecule has 0 saturated carbocycles. The molecule has 3 heteroatoms. The van der Waals surface area contributed by atoms with E-state index in [0.29, 0.717) is 0 Å². The van der Waals surface area contributed by atoms with Crippen molar-refractivity contribution in [3.63, 3.8) is 0 Å². The fourth-order valence-electron chi connectivity index (χ4n) is 0.972. The Morgan fingerprint density at radius 2 is 1.43 bits per heavy atom. The summed E-state index contributed by atoms with van der Waals surface area (Å²) in [4.78, 5) is 22.8. The van der Waals surface area contributed by atoms with E-state index in [2.05, 4.69) is 5.32 Å². The van der Waals surface area contributed by atoms with Crippen molar-refractivity contribution in [2.45, 2.75) is 53.5 Å². The van der Waals surface area contributed by atoms with E-state index in [-0.39, 0.29) is 23.2 Å². The first kappa shape index (κ1) is 13.1. The highest BCUT2D eigenvalue weighted by Gasteiger charge is 2.24. The summed E-state index contributed by atoms with van der Waals surface area (Å²) < 4.78 is 0. The zero-order valence-electron chi connectivity index (χ0n) is 10.0. The van der Waals surface area contributed by atoms with Gasteiger partial charge in [0.2, 0.25) is 5.78 Å². The van der Waals surface area contributed by atoms with Gasteiger partial charge in [-0.05, 0) is 26.2 Å². The van der Waals surface area contributed by atoms with Crippen LogP contribution in [0.25, 0.3) is 0 Å². The molecular weight excluding hydrogens is 178 g/mol. The summed E-state index contributed by atoms with van der Waals surface area (Å²) in [5.41, 5.74) is -0.475. The van der Waals surface area contributed by atoms with Gasteiger partial charge in [0.25, 0.3) is 5.91 Å². The maximum atomic E-state index is 11.4. The Bertz CT molecular complexity index is 205. The second kappa shape index (κ2) is 4.11. The second-order valence-electron chi connectivity index (χ2n) is 5.86. The van der Waals surface area contributed by atoms with Crippen LogP contribution >= 0.6 is 0 Å². The van der Waals surface area contributed by atoms with Crippen molar-refractivity contribution < 1.29 is 9.59 Å². The molecule has 0 aliphatic rings. The summed E-state index contributed by atoms with van der Waals surface area (Å²) in [6, 6.07) is 0. The van der Waals surface area contributed by atoms with Crippen molar-refractivity contribution in [1.82, 2.24) is 5.32 Å². The average Bonchev–Trinajstić information content (AvgIpc) is 1.78. The average molecular weight is 199 g/mol. The lowest BCUT2D eigenvalue weighted by molar-refractivity contribution is -0.139. The number of Topliss-reactive ketones (excluding diaryl/α,β-unsaturated/α-hetero) is 1. The number of ketones is 1. The molecule has 0 heterocycles. The molecule has 1 amide bonds. The molecule has 0 aliphatic carbocycles. The summed E-state index contributed by atoms with van der Waals surface area (Å²) in [5.74, 6) is -0.820. The smallest absolute Gasteiger partial charge is 0.287 e. The van der Waals surface area contributed by atoms with E-state index in [0.717, 1.165) is 0 Å². The maximum Gasteiger partial charge on any atom is 0.287 e. The van der Waals surface area contributed by atoms with Gasteiger partial charge < -0.3 is 5.32 Å². The van der Waals surface area contributed by atoms with E-state index in [1.807, 2.05) is 41.5 Å². The van der Waals surface area contributed by atoms with Crippen molar-refractivity contribution in [3.05, 3.63) is 0 Å². The molecule has 0 bridgehead atoms. The van der Waals surface area contributed by atoms with Crippen molar-refractivity contribution in [3.8, 4) is 0 Å².